The van der Waals surface area contributed by atoms with E-state index < -0.39 is 0 Å². The van der Waals surface area contributed by atoms with Crippen LogP contribution in [0.2, 0.25) is 0 Å². The molecule has 0 bridgehead atoms. The summed E-state index contributed by atoms with van der Waals surface area (Å²) in [4.78, 5) is 2.59. The Hall–Kier alpha value is -0.0400. The van der Waals surface area contributed by atoms with E-state index in [1.165, 1.54) is 58.2 Å². The third kappa shape index (κ3) is 8.29. The predicted octanol–water partition coefficient (Wildman–Crippen LogP) is 3.69. The summed E-state index contributed by atoms with van der Waals surface area (Å²) in [5, 5.41) is 0. The number of hydrogen-bond donors (Lipinski definition) is 0. The van der Waals surface area contributed by atoms with E-state index in [0.717, 1.165) is 0 Å². The summed E-state index contributed by atoms with van der Waals surface area (Å²) < 4.78 is 0. The molecule has 0 radical (unpaired) electrons. The highest BCUT2D eigenvalue weighted by Gasteiger charge is 2.00. The summed E-state index contributed by atoms with van der Waals surface area (Å²) >= 11 is 0. The van der Waals surface area contributed by atoms with Gasteiger partial charge in [-0.15, -0.1) is 0 Å². The first-order valence-electron chi connectivity index (χ1n) is 6.07. The molecule has 0 aliphatic rings. The van der Waals surface area contributed by atoms with E-state index in [4.69, 9.17) is 0 Å². The molecular formula is C12H27N. The van der Waals surface area contributed by atoms with Crippen molar-refractivity contribution >= 4 is 0 Å². The third-order valence-electron chi connectivity index (χ3n) is 2.60. The third-order valence-corrected chi connectivity index (χ3v) is 2.60. The molecule has 0 saturated carbocycles. The first-order chi connectivity index (χ1) is 6.35. The Morgan fingerprint density at radius 3 is 1.46 bits per heavy atom. The zero-order chi connectivity index (χ0) is 9.94. The Morgan fingerprint density at radius 1 is 0.692 bits per heavy atom. The zero-order valence-corrected chi connectivity index (χ0v) is 9.81. The van der Waals surface area contributed by atoms with Crippen molar-refractivity contribution in [1.82, 2.24) is 4.90 Å². The van der Waals surface area contributed by atoms with Gasteiger partial charge in [0.1, 0.15) is 0 Å². The number of nitrogens with zero attached hydrogens (tertiary/aromatic N) is 1. The number of rotatable bonds is 9. The summed E-state index contributed by atoms with van der Waals surface area (Å²) in [5.74, 6) is 0. The first kappa shape index (κ1) is 13.0. The zero-order valence-electron chi connectivity index (χ0n) is 9.81. The monoisotopic (exact) mass is 185 g/mol. The number of unbranched alkanes of at least 4 members (excludes halogenated alkanes) is 4. The Labute approximate surface area is 84.5 Å². The van der Waals surface area contributed by atoms with E-state index in [2.05, 4.69) is 25.7 Å². The Kier molecular flexibility index (Phi) is 10.0. The summed E-state index contributed by atoms with van der Waals surface area (Å²) in [6.45, 7) is 10.7. The Bertz CT molecular complexity index is 81.1. The fourth-order valence-electron chi connectivity index (χ4n) is 1.60. The standard InChI is InChI=1S/C12H27N/c1-4-7-9-11-13(6-3)12-10-8-5-2/h4-12H2,1-3H3. The van der Waals surface area contributed by atoms with Crippen molar-refractivity contribution in [3.05, 3.63) is 0 Å². The molecule has 0 aliphatic carbocycles. The Morgan fingerprint density at radius 2 is 1.15 bits per heavy atom. The van der Waals surface area contributed by atoms with Crippen LogP contribution < -0.4 is 0 Å². The molecule has 80 valence electrons. The van der Waals surface area contributed by atoms with E-state index in [1.54, 1.807) is 0 Å². The average Bonchev–Trinajstić information content (AvgIpc) is 2.16. The van der Waals surface area contributed by atoms with Crippen molar-refractivity contribution in [2.75, 3.05) is 19.6 Å². The highest BCUT2D eigenvalue weighted by molar-refractivity contribution is 4.55. The molecule has 0 spiro atoms. The van der Waals surface area contributed by atoms with E-state index in [9.17, 15) is 0 Å². The molecule has 0 unspecified atom stereocenters. The van der Waals surface area contributed by atoms with Crippen LogP contribution in [0.15, 0.2) is 0 Å². The van der Waals surface area contributed by atoms with Crippen molar-refractivity contribution in [3.63, 3.8) is 0 Å². The minimum atomic E-state index is 1.23. The van der Waals surface area contributed by atoms with Crippen LogP contribution in [0.1, 0.15) is 59.3 Å². The van der Waals surface area contributed by atoms with Crippen LogP contribution in [0, 0.1) is 0 Å². The van der Waals surface area contributed by atoms with Crippen LogP contribution >= 0.6 is 0 Å². The second-order valence-corrected chi connectivity index (χ2v) is 3.85. The molecule has 1 nitrogen and oxygen atoms in total. The predicted molar refractivity (Wildman–Crippen MR) is 61.2 cm³/mol. The molecule has 0 fully saturated rings. The van der Waals surface area contributed by atoms with Crippen molar-refractivity contribution in [3.8, 4) is 0 Å². The maximum absolute atomic E-state index is 2.59. The van der Waals surface area contributed by atoms with Crippen molar-refractivity contribution < 1.29 is 0 Å². The van der Waals surface area contributed by atoms with Gasteiger partial charge < -0.3 is 4.90 Å². The highest BCUT2D eigenvalue weighted by Crippen LogP contribution is 2.01. The molecule has 13 heavy (non-hydrogen) atoms. The molecular weight excluding hydrogens is 158 g/mol. The van der Waals surface area contributed by atoms with Gasteiger partial charge >= 0.3 is 0 Å². The fourth-order valence-corrected chi connectivity index (χ4v) is 1.60. The maximum Gasteiger partial charge on any atom is -0.00189 e. The van der Waals surface area contributed by atoms with Crippen LogP contribution in [-0.2, 0) is 0 Å². The molecule has 0 aromatic heterocycles. The highest BCUT2D eigenvalue weighted by atomic mass is 15.1. The van der Waals surface area contributed by atoms with Crippen LogP contribution in [-0.4, -0.2) is 24.5 Å². The Balaban J connectivity index is 3.28. The number of hydrogen-bond acceptors (Lipinski definition) is 1. The molecule has 0 atom stereocenters. The van der Waals surface area contributed by atoms with Gasteiger partial charge in [-0.1, -0.05) is 46.5 Å². The van der Waals surface area contributed by atoms with E-state index in [1.807, 2.05) is 0 Å². The van der Waals surface area contributed by atoms with E-state index >= 15 is 0 Å². The normalized spacial score (nSPS) is 11.1. The van der Waals surface area contributed by atoms with Gasteiger partial charge in [-0.3, -0.25) is 0 Å². The smallest absolute Gasteiger partial charge is 0.00189 e. The van der Waals surface area contributed by atoms with Gasteiger partial charge in [0.15, 0.2) is 0 Å². The molecule has 0 amide bonds. The lowest BCUT2D eigenvalue weighted by molar-refractivity contribution is 0.275. The van der Waals surface area contributed by atoms with Crippen molar-refractivity contribution in [2.45, 2.75) is 59.3 Å². The van der Waals surface area contributed by atoms with Crippen LogP contribution in [0.25, 0.3) is 0 Å². The summed E-state index contributed by atoms with van der Waals surface area (Å²) in [6, 6.07) is 0. The summed E-state index contributed by atoms with van der Waals surface area (Å²) in [7, 11) is 0. The SMILES string of the molecule is CCCCCN(CC)CCCCC. The van der Waals surface area contributed by atoms with E-state index in [0.29, 0.717) is 0 Å². The van der Waals surface area contributed by atoms with Gasteiger partial charge in [0.25, 0.3) is 0 Å². The van der Waals surface area contributed by atoms with Gasteiger partial charge in [-0.25, -0.2) is 0 Å². The first-order valence-corrected chi connectivity index (χ1v) is 6.07. The van der Waals surface area contributed by atoms with Crippen LogP contribution in [0.5, 0.6) is 0 Å². The molecule has 0 saturated heterocycles. The van der Waals surface area contributed by atoms with Crippen LogP contribution in [0.3, 0.4) is 0 Å². The largest absolute Gasteiger partial charge is 0.304 e. The quantitative estimate of drug-likeness (QED) is 0.495. The van der Waals surface area contributed by atoms with Gasteiger partial charge in [0, 0.05) is 0 Å². The van der Waals surface area contributed by atoms with Gasteiger partial charge in [-0.2, -0.15) is 0 Å². The van der Waals surface area contributed by atoms with Crippen LogP contribution in [0.4, 0.5) is 0 Å². The average molecular weight is 185 g/mol. The lowest BCUT2D eigenvalue weighted by Gasteiger charge is -2.19. The summed E-state index contributed by atoms with van der Waals surface area (Å²) in [6.07, 6.45) is 8.24. The van der Waals surface area contributed by atoms with Gasteiger partial charge in [-0.05, 0) is 32.5 Å². The van der Waals surface area contributed by atoms with E-state index in [-0.39, 0.29) is 0 Å². The molecule has 0 rings (SSSR count). The molecule has 0 aromatic rings. The van der Waals surface area contributed by atoms with Crippen molar-refractivity contribution in [1.29, 1.82) is 0 Å². The molecule has 0 aliphatic heterocycles. The van der Waals surface area contributed by atoms with Gasteiger partial charge in [0.2, 0.25) is 0 Å². The molecule has 0 heterocycles. The summed E-state index contributed by atoms with van der Waals surface area (Å²) in [5.41, 5.74) is 0. The fraction of sp³-hybridized carbons (Fsp3) is 1.00. The van der Waals surface area contributed by atoms with Crippen molar-refractivity contribution in [2.24, 2.45) is 0 Å². The second kappa shape index (κ2) is 10.0. The molecule has 0 N–H and O–H groups in total. The molecule has 1 heteroatoms. The van der Waals surface area contributed by atoms with Gasteiger partial charge in [0.05, 0.1) is 0 Å². The second-order valence-electron chi connectivity index (χ2n) is 3.85. The lowest BCUT2D eigenvalue weighted by Crippen LogP contribution is -2.25. The lowest BCUT2D eigenvalue weighted by atomic mass is 10.2. The minimum Gasteiger partial charge on any atom is -0.304 e. The topological polar surface area (TPSA) is 3.24 Å². The maximum atomic E-state index is 2.59. The minimum absolute atomic E-state index is 1.23. The molecule has 0 aromatic carbocycles.